The highest BCUT2D eigenvalue weighted by atomic mass is 32.1. The van der Waals surface area contributed by atoms with E-state index in [4.69, 9.17) is 9.84 Å². The van der Waals surface area contributed by atoms with Gasteiger partial charge in [0, 0.05) is 12.4 Å². The molecule has 6 heteroatoms. The number of nitrogens with zero attached hydrogens (tertiary/aromatic N) is 2. The largest absolute Gasteiger partial charge is 0.479 e. The Balaban J connectivity index is 1.72. The SMILES string of the molecule is O=C(O)C1CCC(Cn2ccnc2-c2cccs2)O1. The molecule has 0 radical (unpaired) electrons. The first-order valence-electron chi connectivity index (χ1n) is 6.17. The normalized spacial score (nSPS) is 22.7. The van der Waals surface area contributed by atoms with E-state index in [0.29, 0.717) is 13.0 Å². The van der Waals surface area contributed by atoms with Crippen molar-refractivity contribution in [1.82, 2.24) is 9.55 Å². The number of ether oxygens (including phenoxy) is 1. The van der Waals surface area contributed by atoms with Gasteiger partial charge < -0.3 is 14.4 Å². The Hall–Kier alpha value is -1.66. The summed E-state index contributed by atoms with van der Waals surface area (Å²) in [7, 11) is 0. The van der Waals surface area contributed by atoms with E-state index in [1.165, 1.54) is 0 Å². The van der Waals surface area contributed by atoms with Gasteiger partial charge in [-0.3, -0.25) is 0 Å². The highest BCUT2D eigenvalue weighted by Gasteiger charge is 2.30. The second kappa shape index (κ2) is 5.14. The minimum Gasteiger partial charge on any atom is -0.479 e. The Morgan fingerprint density at radius 1 is 1.58 bits per heavy atom. The number of carboxylic acids is 1. The van der Waals surface area contributed by atoms with Gasteiger partial charge in [-0.15, -0.1) is 11.3 Å². The summed E-state index contributed by atoms with van der Waals surface area (Å²) < 4.78 is 7.55. The molecule has 5 nitrogen and oxygen atoms in total. The van der Waals surface area contributed by atoms with E-state index < -0.39 is 12.1 Å². The molecule has 1 N–H and O–H groups in total. The van der Waals surface area contributed by atoms with Gasteiger partial charge in [-0.25, -0.2) is 9.78 Å². The fourth-order valence-electron chi connectivity index (χ4n) is 2.33. The Morgan fingerprint density at radius 3 is 3.16 bits per heavy atom. The highest BCUT2D eigenvalue weighted by molar-refractivity contribution is 7.13. The van der Waals surface area contributed by atoms with Crippen molar-refractivity contribution in [2.24, 2.45) is 0 Å². The molecular formula is C13H14N2O3S. The minimum atomic E-state index is -0.869. The molecule has 1 aliphatic rings. The van der Waals surface area contributed by atoms with Crippen LogP contribution in [0.25, 0.3) is 10.7 Å². The van der Waals surface area contributed by atoms with Crippen molar-refractivity contribution < 1.29 is 14.6 Å². The van der Waals surface area contributed by atoms with Crippen LogP contribution < -0.4 is 0 Å². The molecule has 1 saturated heterocycles. The fourth-order valence-corrected chi connectivity index (χ4v) is 3.06. The third-order valence-electron chi connectivity index (χ3n) is 3.24. The van der Waals surface area contributed by atoms with Gasteiger partial charge in [0.2, 0.25) is 0 Å². The van der Waals surface area contributed by atoms with Crippen molar-refractivity contribution in [3.63, 3.8) is 0 Å². The van der Waals surface area contributed by atoms with E-state index in [-0.39, 0.29) is 6.10 Å². The molecule has 3 heterocycles. The number of rotatable bonds is 4. The lowest BCUT2D eigenvalue weighted by atomic mass is 10.2. The van der Waals surface area contributed by atoms with Crippen LogP contribution in [0.1, 0.15) is 12.8 Å². The van der Waals surface area contributed by atoms with E-state index in [2.05, 4.69) is 4.98 Å². The van der Waals surface area contributed by atoms with Crippen LogP contribution >= 0.6 is 11.3 Å². The van der Waals surface area contributed by atoms with Crippen LogP contribution in [0.15, 0.2) is 29.9 Å². The van der Waals surface area contributed by atoms with Gasteiger partial charge >= 0.3 is 5.97 Å². The Kier molecular flexibility index (Phi) is 3.35. The smallest absolute Gasteiger partial charge is 0.332 e. The van der Waals surface area contributed by atoms with Crippen molar-refractivity contribution in [3.05, 3.63) is 29.9 Å². The number of carboxylic acid groups (broad SMARTS) is 1. The van der Waals surface area contributed by atoms with Crippen molar-refractivity contribution in [2.75, 3.05) is 0 Å². The topological polar surface area (TPSA) is 64.3 Å². The van der Waals surface area contributed by atoms with Crippen LogP contribution in [0.2, 0.25) is 0 Å². The molecular weight excluding hydrogens is 264 g/mol. The van der Waals surface area contributed by atoms with E-state index >= 15 is 0 Å². The lowest BCUT2D eigenvalue weighted by molar-refractivity contribution is -0.149. The highest BCUT2D eigenvalue weighted by Crippen LogP contribution is 2.26. The summed E-state index contributed by atoms with van der Waals surface area (Å²) in [6.07, 6.45) is 4.33. The number of aromatic nitrogens is 2. The fraction of sp³-hybridized carbons (Fsp3) is 0.385. The summed E-state index contributed by atoms with van der Waals surface area (Å²) in [6, 6.07) is 4.02. The zero-order valence-corrected chi connectivity index (χ0v) is 11.0. The van der Waals surface area contributed by atoms with Crippen LogP contribution in [0.5, 0.6) is 0 Å². The van der Waals surface area contributed by atoms with Crippen molar-refractivity contribution in [1.29, 1.82) is 0 Å². The molecule has 19 heavy (non-hydrogen) atoms. The van der Waals surface area contributed by atoms with Gasteiger partial charge in [0.1, 0.15) is 5.82 Å². The lowest BCUT2D eigenvalue weighted by Crippen LogP contribution is -2.22. The van der Waals surface area contributed by atoms with Gasteiger partial charge in [0.05, 0.1) is 17.5 Å². The monoisotopic (exact) mass is 278 g/mol. The molecule has 3 rings (SSSR count). The van der Waals surface area contributed by atoms with Gasteiger partial charge in [-0.1, -0.05) is 6.07 Å². The van der Waals surface area contributed by atoms with Crippen molar-refractivity contribution in [3.8, 4) is 10.7 Å². The van der Waals surface area contributed by atoms with E-state index in [9.17, 15) is 4.79 Å². The quantitative estimate of drug-likeness (QED) is 0.931. The van der Waals surface area contributed by atoms with E-state index in [1.807, 2.05) is 28.3 Å². The first-order chi connectivity index (χ1) is 9.24. The molecule has 0 aliphatic carbocycles. The molecule has 2 atom stereocenters. The average Bonchev–Trinajstić information content (AvgIpc) is 3.09. The van der Waals surface area contributed by atoms with Crippen LogP contribution in [0, 0.1) is 0 Å². The molecule has 1 fully saturated rings. The van der Waals surface area contributed by atoms with E-state index in [0.717, 1.165) is 17.1 Å². The first-order valence-corrected chi connectivity index (χ1v) is 7.05. The summed E-state index contributed by atoms with van der Waals surface area (Å²) >= 11 is 1.64. The van der Waals surface area contributed by atoms with Crippen LogP contribution in [-0.4, -0.2) is 32.8 Å². The van der Waals surface area contributed by atoms with Crippen LogP contribution in [-0.2, 0) is 16.1 Å². The molecule has 1 aliphatic heterocycles. The van der Waals surface area contributed by atoms with Gasteiger partial charge in [-0.05, 0) is 24.3 Å². The number of aliphatic carboxylic acids is 1. The lowest BCUT2D eigenvalue weighted by Gasteiger charge is -2.13. The number of hydrogen-bond acceptors (Lipinski definition) is 4. The number of imidazole rings is 1. The molecule has 0 spiro atoms. The zero-order valence-electron chi connectivity index (χ0n) is 10.2. The number of hydrogen-bond donors (Lipinski definition) is 1. The second-order valence-electron chi connectivity index (χ2n) is 4.54. The summed E-state index contributed by atoms with van der Waals surface area (Å²) in [5.41, 5.74) is 0. The molecule has 0 bridgehead atoms. The predicted octanol–water partition coefficient (Wildman–Crippen LogP) is 2.24. The standard InChI is InChI=1S/C13H14N2O3S/c16-13(17)10-4-3-9(18-10)8-15-6-5-14-12(15)11-2-1-7-19-11/h1-2,5-7,9-10H,3-4,8H2,(H,16,17). The predicted molar refractivity (Wildman–Crippen MR) is 71.1 cm³/mol. The summed E-state index contributed by atoms with van der Waals surface area (Å²) in [5.74, 6) is 0.0454. The maximum absolute atomic E-state index is 10.9. The third kappa shape index (κ3) is 2.54. The maximum Gasteiger partial charge on any atom is 0.332 e. The summed E-state index contributed by atoms with van der Waals surface area (Å²) in [4.78, 5) is 16.3. The zero-order chi connectivity index (χ0) is 13.2. The van der Waals surface area contributed by atoms with Crippen LogP contribution in [0.3, 0.4) is 0 Å². The molecule has 0 amide bonds. The van der Waals surface area contributed by atoms with Gasteiger partial charge in [-0.2, -0.15) is 0 Å². The average molecular weight is 278 g/mol. The Labute approximate surface area is 114 Å². The van der Waals surface area contributed by atoms with Crippen LogP contribution in [0.4, 0.5) is 0 Å². The molecule has 0 aromatic carbocycles. The van der Waals surface area contributed by atoms with Gasteiger partial charge in [0.15, 0.2) is 6.10 Å². The third-order valence-corrected chi connectivity index (χ3v) is 4.11. The minimum absolute atomic E-state index is 0.0472. The van der Waals surface area contributed by atoms with Crippen molar-refractivity contribution in [2.45, 2.75) is 31.6 Å². The Morgan fingerprint density at radius 2 is 2.47 bits per heavy atom. The summed E-state index contributed by atoms with van der Waals surface area (Å²) in [5, 5.41) is 10.9. The summed E-state index contributed by atoms with van der Waals surface area (Å²) in [6.45, 7) is 0.650. The van der Waals surface area contributed by atoms with E-state index in [1.54, 1.807) is 17.5 Å². The Bertz CT molecular complexity index is 564. The second-order valence-corrected chi connectivity index (χ2v) is 5.49. The number of thiophene rings is 1. The molecule has 0 saturated carbocycles. The van der Waals surface area contributed by atoms with Gasteiger partial charge in [0.25, 0.3) is 0 Å². The molecule has 2 unspecified atom stereocenters. The molecule has 2 aromatic rings. The van der Waals surface area contributed by atoms with Crippen molar-refractivity contribution >= 4 is 17.3 Å². The first kappa shape index (κ1) is 12.4. The molecule has 2 aromatic heterocycles. The molecule has 100 valence electrons. The maximum atomic E-state index is 10.9. The number of carbonyl (C=O) groups is 1.